The van der Waals surface area contributed by atoms with Crippen LogP contribution in [0.1, 0.15) is 12.5 Å². The smallest absolute Gasteiger partial charge is 0.277 e. The molecule has 0 spiro atoms. The molecule has 0 N–H and O–H groups in total. The zero-order chi connectivity index (χ0) is 13.3. The van der Waals surface area contributed by atoms with E-state index >= 15 is 0 Å². The molecule has 4 nitrogen and oxygen atoms in total. The van der Waals surface area contributed by atoms with Gasteiger partial charge < -0.3 is 4.90 Å². The molecule has 0 atom stereocenters. The number of carbonyl (C=O) groups excluding carboxylic acids is 1. The highest BCUT2D eigenvalue weighted by Crippen LogP contribution is 2.18. The molecule has 1 aromatic rings. The van der Waals surface area contributed by atoms with Gasteiger partial charge in [-0.15, -0.1) is 0 Å². The van der Waals surface area contributed by atoms with Crippen molar-refractivity contribution >= 4 is 23.5 Å². The molecule has 1 heterocycles. The van der Waals surface area contributed by atoms with Gasteiger partial charge in [0.15, 0.2) is 0 Å². The van der Waals surface area contributed by atoms with Crippen LogP contribution < -0.4 is 4.90 Å². The number of anilines is 1. The number of nitrogens with zero attached hydrogens (tertiary/aromatic N) is 3. The Hall–Kier alpha value is -2.10. The minimum Gasteiger partial charge on any atom is -0.378 e. The lowest BCUT2D eigenvalue weighted by Crippen LogP contribution is -2.25. The van der Waals surface area contributed by atoms with Crippen molar-refractivity contribution in [3.8, 4) is 0 Å². The van der Waals surface area contributed by atoms with E-state index in [4.69, 9.17) is 0 Å². The molecule has 94 valence electrons. The van der Waals surface area contributed by atoms with Gasteiger partial charge in [-0.2, -0.15) is 0 Å². The molecule has 0 bridgehead atoms. The van der Waals surface area contributed by atoms with E-state index in [1.54, 1.807) is 11.9 Å². The number of aliphatic imine (C=N–C) groups is 1. The number of hydrogen-bond donors (Lipinski definition) is 0. The largest absolute Gasteiger partial charge is 0.378 e. The van der Waals surface area contributed by atoms with Gasteiger partial charge in [0.1, 0.15) is 11.5 Å². The fourth-order valence-corrected chi connectivity index (χ4v) is 1.74. The van der Waals surface area contributed by atoms with E-state index in [1.165, 1.54) is 0 Å². The first-order valence-electron chi connectivity index (χ1n) is 5.81. The maximum Gasteiger partial charge on any atom is 0.277 e. The van der Waals surface area contributed by atoms with Gasteiger partial charge in [0.2, 0.25) is 0 Å². The Bertz CT molecular complexity index is 526. The molecule has 1 aromatic carbocycles. The number of hydrogen-bond acceptors (Lipinski definition) is 3. The summed E-state index contributed by atoms with van der Waals surface area (Å²) in [5, 5.41) is 0. The van der Waals surface area contributed by atoms with Crippen LogP contribution in [0.25, 0.3) is 6.08 Å². The first-order valence-corrected chi connectivity index (χ1v) is 5.81. The van der Waals surface area contributed by atoms with Crippen LogP contribution >= 0.6 is 0 Å². The normalized spacial score (nSPS) is 17.3. The van der Waals surface area contributed by atoms with Gasteiger partial charge in [-0.05, 0) is 30.7 Å². The van der Waals surface area contributed by atoms with Gasteiger partial charge in [-0.25, -0.2) is 4.99 Å². The molecule has 4 heteroatoms. The average molecular weight is 243 g/mol. The molecule has 0 saturated carbocycles. The molecular formula is C14H17N3O. The lowest BCUT2D eigenvalue weighted by atomic mass is 10.1. The minimum atomic E-state index is -0.0517. The standard InChI is InChI=1S/C14H17N3O/c1-10-15-13(14(18)17(10)4)9-11-5-7-12(8-6-11)16(2)3/h5-9H,1-4H3. The lowest BCUT2D eigenvalue weighted by molar-refractivity contribution is -0.121. The minimum absolute atomic E-state index is 0.0517. The monoisotopic (exact) mass is 243 g/mol. The molecule has 0 aromatic heterocycles. The number of amides is 1. The number of amidine groups is 1. The lowest BCUT2D eigenvalue weighted by Gasteiger charge is -2.11. The number of benzene rings is 1. The van der Waals surface area contributed by atoms with Crippen LogP contribution in [-0.4, -0.2) is 37.8 Å². The van der Waals surface area contributed by atoms with Crippen molar-refractivity contribution in [3.63, 3.8) is 0 Å². The number of rotatable bonds is 2. The first kappa shape index (κ1) is 12.4. The van der Waals surface area contributed by atoms with E-state index in [0.717, 1.165) is 17.1 Å². The number of carbonyl (C=O) groups is 1. The second kappa shape index (κ2) is 4.64. The summed E-state index contributed by atoms with van der Waals surface area (Å²) in [5.74, 6) is 0.681. The van der Waals surface area contributed by atoms with Crippen LogP contribution in [-0.2, 0) is 4.79 Å². The van der Waals surface area contributed by atoms with Gasteiger partial charge in [-0.1, -0.05) is 12.1 Å². The molecule has 2 rings (SSSR count). The highest BCUT2D eigenvalue weighted by atomic mass is 16.2. The third kappa shape index (κ3) is 2.27. The summed E-state index contributed by atoms with van der Waals surface area (Å²) in [6.45, 7) is 1.83. The van der Waals surface area contributed by atoms with Crippen LogP contribution in [0.2, 0.25) is 0 Å². The number of likely N-dealkylation sites (N-methyl/N-ethyl adjacent to an activating group) is 1. The van der Waals surface area contributed by atoms with E-state index in [9.17, 15) is 4.79 Å². The first-order chi connectivity index (χ1) is 8.49. The summed E-state index contributed by atoms with van der Waals surface area (Å²) < 4.78 is 0. The second-order valence-electron chi connectivity index (χ2n) is 4.54. The summed E-state index contributed by atoms with van der Waals surface area (Å²) in [5.41, 5.74) is 2.61. The predicted octanol–water partition coefficient (Wildman–Crippen LogP) is 1.98. The Kier molecular flexibility index (Phi) is 3.19. The van der Waals surface area contributed by atoms with Gasteiger partial charge in [-0.3, -0.25) is 9.69 Å². The highest BCUT2D eigenvalue weighted by Gasteiger charge is 2.23. The zero-order valence-electron chi connectivity index (χ0n) is 11.1. The Labute approximate surface area is 107 Å². The van der Waals surface area contributed by atoms with Crippen molar-refractivity contribution in [2.75, 3.05) is 26.0 Å². The molecule has 0 fully saturated rings. The van der Waals surface area contributed by atoms with Crippen LogP contribution in [0.3, 0.4) is 0 Å². The van der Waals surface area contributed by atoms with E-state index in [2.05, 4.69) is 4.99 Å². The van der Waals surface area contributed by atoms with E-state index in [1.807, 2.05) is 56.3 Å². The van der Waals surface area contributed by atoms with Crippen molar-refractivity contribution < 1.29 is 4.79 Å². The van der Waals surface area contributed by atoms with Crippen LogP contribution in [0.4, 0.5) is 5.69 Å². The van der Waals surface area contributed by atoms with Crippen LogP contribution in [0.5, 0.6) is 0 Å². The van der Waals surface area contributed by atoms with Crippen molar-refractivity contribution in [2.24, 2.45) is 4.99 Å². The van der Waals surface area contributed by atoms with E-state index in [0.29, 0.717) is 5.70 Å². The Balaban J connectivity index is 2.27. The fraction of sp³-hybridized carbons (Fsp3) is 0.286. The van der Waals surface area contributed by atoms with Gasteiger partial charge in [0.25, 0.3) is 5.91 Å². The second-order valence-corrected chi connectivity index (χ2v) is 4.54. The molecular weight excluding hydrogens is 226 g/mol. The topological polar surface area (TPSA) is 35.9 Å². The van der Waals surface area contributed by atoms with Crippen molar-refractivity contribution in [1.82, 2.24) is 4.90 Å². The molecule has 18 heavy (non-hydrogen) atoms. The summed E-state index contributed by atoms with van der Waals surface area (Å²) >= 11 is 0. The van der Waals surface area contributed by atoms with Crippen LogP contribution in [0, 0.1) is 0 Å². The Morgan fingerprint density at radius 3 is 2.28 bits per heavy atom. The van der Waals surface area contributed by atoms with Crippen molar-refractivity contribution in [1.29, 1.82) is 0 Å². The molecule has 1 aliphatic heterocycles. The highest BCUT2D eigenvalue weighted by molar-refractivity contribution is 6.13. The van der Waals surface area contributed by atoms with Gasteiger partial charge >= 0.3 is 0 Å². The van der Waals surface area contributed by atoms with E-state index in [-0.39, 0.29) is 5.91 Å². The predicted molar refractivity (Wildman–Crippen MR) is 74.6 cm³/mol. The fourth-order valence-electron chi connectivity index (χ4n) is 1.74. The maximum atomic E-state index is 11.8. The Morgan fingerprint density at radius 2 is 1.83 bits per heavy atom. The Morgan fingerprint density at radius 1 is 1.22 bits per heavy atom. The van der Waals surface area contributed by atoms with Gasteiger partial charge in [0, 0.05) is 26.8 Å². The quantitative estimate of drug-likeness (QED) is 0.745. The molecule has 1 aliphatic rings. The average Bonchev–Trinajstić information content (AvgIpc) is 2.58. The van der Waals surface area contributed by atoms with Crippen molar-refractivity contribution in [3.05, 3.63) is 35.5 Å². The summed E-state index contributed by atoms with van der Waals surface area (Å²) in [6, 6.07) is 8.01. The van der Waals surface area contributed by atoms with Gasteiger partial charge in [0.05, 0.1) is 0 Å². The summed E-state index contributed by atoms with van der Waals surface area (Å²) in [4.78, 5) is 19.7. The third-order valence-corrected chi connectivity index (χ3v) is 3.00. The molecule has 0 radical (unpaired) electrons. The molecule has 0 unspecified atom stereocenters. The zero-order valence-corrected chi connectivity index (χ0v) is 11.1. The summed E-state index contributed by atoms with van der Waals surface area (Å²) in [7, 11) is 5.73. The molecule has 1 amide bonds. The van der Waals surface area contributed by atoms with Crippen LogP contribution in [0.15, 0.2) is 35.0 Å². The van der Waals surface area contributed by atoms with Crippen molar-refractivity contribution in [2.45, 2.75) is 6.92 Å². The molecule has 0 aliphatic carbocycles. The SMILES string of the molecule is CC1=NC(=Cc2ccc(N(C)C)cc2)C(=O)N1C. The maximum absolute atomic E-state index is 11.8. The van der Waals surface area contributed by atoms with E-state index < -0.39 is 0 Å². The molecule has 0 saturated heterocycles. The summed E-state index contributed by atoms with van der Waals surface area (Å²) in [6.07, 6.45) is 1.81. The third-order valence-electron chi connectivity index (χ3n) is 3.00.